The van der Waals surface area contributed by atoms with Crippen molar-refractivity contribution in [1.82, 2.24) is 0 Å². The fourth-order valence-electron chi connectivity index (χ4n) is 2.38. The maximum atomic E-state index is 11.7. The molecule has 1 aliphatic heterocycles. The predicted molar refractivity (Wildman–Crippen MR) is 80.5 cm³/mol. The Bertz CT molecular complexity index is 544. The minimum atomic E-state index is -1.20. The summed E-state index contributed by atoms with van der Waals surface area (Å²) in [4.78, 5) is 25.4. The number of hydrogen-bond acceptors (Lipinski definition) is 8. The van der Waals surface area contributed by atoms with E-state index in [1.807, 2.05) is 0 Å². The van der Waals surface area contributed by atoms with Crippen LogP contribution in [0.5, 0.6) is 0 Å². The molecule has 0 radical (unpaired) electrons. The fourth-order valence-corrected chi connectivity index (χ4v) is 2.38. The van der Waals surface area contributed by atoms with Gasteiger partial charge in [0.25, 0.3) is 0 Å². The molecule has 0 aromatic rings. The smallest absolute Gasteiger partial charge is 0.372 e. The molecule has 0 amide bonds. The van der Waals surface area contributed by atoms with E-state index < -0.39 is 42.2 Å². The molecule has 1 N–H and O–H groups in total. The number of azide groups is 1. The van der Waals surface area contributed by atoms with Crippen molar-refractivity contribution in [2.24, 2.45) is 11.0 Å². The number of aliphatic hydroxyl groups excluding tert-OH is 1. The van der Waals surface area contributed by atoms with Gasteiger partial charge in [-0.2, -0.15) is 0 Å². The van der Waals surface area contributed by atoms with Gasteiger partial charge in [0.05, 0.1) is 13.2 Å². The SMILES string of the molecule is COC(=O)C1=C[C@H](N=[N+]=[N-])[C@@H](C)[C@H]([C@H](OC)[C@H](O)COC(C)=O)O1. The Labute approximate surface area is 138 Å². The lowest BCUT2D eigenvalue weighted by Crippen LogP contribution is -2.50. The van der Waals surface area contributed by atoms with Gasteiger partial charge >= 0.3 is 11.9 Å². The lowest BCUT2D eigenvalue weighted by Gasteiger charge is -2.38. The van der Waals surface area contributed by atoms with Crippen LogP contribution in [-0.4, -0.2) is 62.2 Å². The van der Waals surface area contributed by atoms with Crippen molar-refractivity contribution in [3.63, 3.8) is 0 Å². The first-order valence-corrected chi connectivity index (χ1v) is 7.20. The van der Waals surface area contributed by atoms with Crippen molar-refractivity contribution in [3.05, 3.63) is 22.3 Å². The largest absolute Gasteiger partial charge is 0.480 e. The number of esters is 2. The Hall–Kier alpha value is -2.29. The highest BCUT2D eigenvalue weighted by molar-refractivity contribution is 5.86. The van der Waals surface area contributed by atoms with Crippen LogP contribution in [0.2, 0.25) is 0 Å². The quantitative estimate of drug-likeness (QED) is 0.310. The van der Waals surface area contributed by atoms with E-state index in [4.69, 9.17) is 19.7 Å². The molecule has 1 rings (SSSR count). The standard InChI is InChI=1S/C14H21N3O7/c1-7-9(16-17-15)5-11(14(20)22-4)24-12(7)13(21-3)10(19)6-23-8(2)18/h5,7,9-10,12-13,19H,6H2,1-4H3/t7-,9+,10-,12-,13-/m1/s1. The summed E-state index contributed by atoms with van der Waals surface area (Å²) in [7, 11) is 2.53. The number of rotatable bonds is 7. The zero-order valence-corrected chi connectivity index (χ0v) is 13.9. The summed E-state index contributed by atoms with van der Waals surface area (Å²) in [6, 6.07) is -0.693. The summed E-state index contributed by atoms with van der Waals surface area (Å²) in [6.07, 6.45) is -1.59. The molecule has 10 heteroatoms. The van der Waals surface area contributed by atoms with Crippen LogP contribution in [0.3, 0.4) is 0 Å². The van der Waals surface area contributed by atoms with Gasteiger partial charge in [0.2, 0.25) is 5.76 Å². The molecular weight excluding hydrogens is 322 g/mol. The van der Waals surface area contributed by atoms with Crippen LogP contribution in [0.25, 0.3) is 10.4 Å². The molecule has 134 valence electrons. The maximum absolute atomic E-state index is 11.7. The van der Waals surface area contributed by atoms with Gasteiger partial charge in [0, 0.05) is 24.9 Å². The van der Waals surface area contributed by atoms with E-state index >= 15 is 0 Å². The number of nitrogens with zero attached hydrogens (tertiary/aromatic N) is 3. The monoisotopic (exact) mass is 343 g/mol. The molecule has 0 aliphatic carbocycles. The van der Waals surface area contributed by atoms with E-state index in [1.54, 1.807) is 6.92 Å². The van der Waals surface area contributed by atoms with Gasteiger partial charge < -0.3 is 24.1 Å². The van der Waals surface area contributed by atoms with E-state index in [0.717, 1.165) is 0 Å². The second kappa shape index (κ2) is 9.11. The Morgan fingerprint density at radius 1 is 1.50 bits per heavy atom. The van der Waals surface area contributed by atoms with Crippen LogP contribution in [-0.2, 0) is 28.5 Å². The molecular formula is C14H21N3O7. The number of carbonyl (C=O) groups excluding carboxylic acids is 2. The fraction of sp³-hybridized carbons (Fsp3) is 0.714. The summed E-state index contributed by atoms with van der Waals surface area (Å²) >= 11 is 0. The molecule has 0 aromatic heterocycles. The van der Waals surface area contributed by atoms with Crippen LogP contribution in [0.4, 0.5) is 0 Å². The zero-order valence-electron chi connectivity index (χ0n) is 13.9. The Balaban J connectivity index is 3.05. The van der Waals surface area contributed by atoms with Crippen molar-refractivity contribution in [2.45, 2.75) is 38.2 Å². The molecule has 0 saturated carbocycles. The number of methoxy groups -OCH3 is 2. The summed E-state index contributed by atoms with van der Waals surface area (Å²) in [6.45, 7) is 2.63. The molecule has 0 saturated heterocycles. The second-order valence-corrected chi connectivity index (χ2v) is 5.23. The highest BCUT2D eigenvalue weighted by atomic mass is 16.6. The summed E-state index contributed by atoms with van der Waals surface area (Å²) in [5.41, 5.74) is 8.69. The van der Waals surface area contributed by atoms with Crippen molar-refractivity contribution < 1.29 is 33.6 Å². The second-order valence-electron chi connectivity index (χ2n) is 5.23. The number of ether oxygens (including phenoxy) is 4. The van der Waals surface area contributed by atoms with Crippen LogP contribution in [0, 0.1) is 5.92 Å². The number of hydrogen-bond donors (Lipinski definition) is 1. The van der Waals surface area contributed by atoms with Gasteiger partial charge in [-0.25, -0.2) is 4.79 Å². The van der Waals surface area contributed by atoms with Crippen molar-refractivity contribution >= 4 is 11.9 Å². The van der Waals surface area contributed by atoms with Crippen LogP contribution in [0.15, 0.2) is 16.9 Å². The van der Waals surface area contributed by atoms with E-state index in [0.29, 0.717) is 0 Å². The molecule has 1 heterocycles. The minimum Gasteiger partial charge on any atom is -0.480 e. The topological polar surface area (TPSA) is 140 Å². The molecule has 1 aliphatic rings. The molecule has 0 spiro atoms. The molecule has 10 nitrogen and oxygen atoms in total. The normalized spacial score (nSPS) is 25.4. The molecule has 0 bridgehead atoms. The van der Waals surface area contributed by atoms with Crippen LogP contribution >= 0.6 is 0 Å². The van der Waals surface area contributed by atoms with E-state index in [9.17, 15) is 14.7 Å². The van der Waals surface area contributed by atoms with Crippen molar-refractivity contribution in [1.29, 1.82) is 0 Å². The van der Waals surface area contributed by atoms with E-state index in [2.05, 4.69) is 14.8 Å². The Morgan fingerprint density at radius 3 is 2.67 bits per heavy atom. The highest BCUT2D eigenvalue weighted by Crippen LogP contribution is 2.30. The van der Waals surface area contributed by atoms with Crippen molar-refractivity contribution in [2.75, 3.05) is 20.8 Å². The van der Waals surface area contributed by atoms with Gasteiger partial charge in [0.1, 0.15) is 24.9 Å². The first kappa shape index (κ1) is 19.8. The average Bonchev–Trinajstić information content (AvgIpc) is 2.56. The summed E-state index contributed by atoms with van der Waals surface area (Å²) in [5.74, 6) is -1.84. The Morgan fingerprint density at radius 2 is 2.17 bits per heavy atom. The first-order valence-electron chi connectivity index (χ1n) is 7.20. The molecule has 0 fully saturated rings. The van der Waals surface area contributed by atoms with Gasteiger partial charge in [-0.05, 0) is 11.6 Å². The molecule has 5 atom stereocenters. The summed E-state index contributed by atoms with van der Waals surface area (Å²) < 4.78 is 20.2. The van der Waals surface area contributed by atoms with Gasteiger partial charge in [-0.15, -0.1) is 0 Å². The third kappa shape index (κ3) is 4.85. The van der Waals surface area contributed by atoms with Gasteiger partial charge in [0.15, 0.2) is 0 Å². The minimum absolute atomic E-state index is 0.139. The van der Waals surface area contributed by atoms with Gasteiger partial charge in [-0.3, -0.25) is 4.79 Å². The van der Waals surface area contributed by atoms with E-state index in [-0.39, 0.29) is 12.4 Å². The number of carbonyl (C=O) groups is 2. The lowest BCUT2D eigenvalue weighted by molar-refractivity contribution is -0.160. The number of aliphatic hydroxyl groups is 1. The highest BCUT2D eigenvalue weighted by Gasteiger charge is 2.42. The lowest BCUT2D eigenvalue weighted by atomic mass is 9.88. The Kier molecular flexibility index (Phi) is 7.50. The maximum Gasteiger partial charge on any atom is 0.372 e. The zero-order chi connectivity index (χ0) is 18.3. The predicted octanol–water partition coefficient (Wildman–Crippen LogP) is 0.696. The summed E-state index contributed by atoms with van der Waals surface area (Å²) in [5, 5.41) is 13.8. The van der Waals surface area contributed by atoms with Crippen molar-refractivity contribution in [3.8, 4) is 0 Å². The molecule has 0 unspecified atom stereocenters. The first-order chi connectivity index (χ1) is 11.3. The molecule has 24 heavy (non-hydrogen) atoms. The van der Waals surface area contributed by atoms with E-state index in [1.165, 1.54) is 27.2 Å². The molecule has 0 aromatic carbocycles. The van der Waals surface area contributed by atoms with Gasteiger partial charge in [-0.1, -0.05) is 12.0 Å². The van der Waals surface area contributed by atoms with Crippen LogP contribution in [0.1, 0.15) is 13.8 Å². The third-order valence-electron chi connectivity index (χ3n) is 3.65. The van der Waals surface area contributed by atoms with Crippen LogP contribution < -0.4 is 0 Å². The third-order valence-corrected chi connectivity index (χ3v) is 3.65. The average molecular weight is 343 g/mol.